The zero-order chi connectivity index (χ0) is 12.6. The van der Waals surface area contributed by atoms with Crippen LogP contribution in [0.2, 0.25) is 0 Å². The number of aliphatic hydroxyl groups excluding tert-OH is 1. The molecule has 0 bridgehead atoms. The lowest BCUT2D eigenvalue weighted by molar-refractivity contribution is -0.117. The van der Waals surface area contributed by atoms with Gasteiger partial charge in [0.2, 0.25) is 5.91 Å². The molecule has 0 aliphatic carbocycles. The first-order valence-electron chi connectivity index (χ1n) is 4.99. The Morgan fingerprint density at radius 1 is 1.41 bits per heavy atom. The van der Waals surface area contributed by atoms with Gasteiger partial charge < -0.3 is 15.1 Å². The molecule has 2 rings (SSSR count). The smallest absolute Gasteiger partial charge is 0.335 e. The summed E-state index contributed by atoms with van der Waals surface area (Å²) in [4.78, 5) is 23.4. The van der Waals surface area contributed by atoms with E-state index in [0.717, 1.165) is 12.1 Å². The first-order chi connectivity index (χ1) is 7.97. The minimum Gasteiger partial charge on any atom is -0.478 e. The highest BCUT2D eigenvalue weighted by molar-refractivity contribution is 5.97. The quantitative estimate of drug-likeness (QED) is 0.793. The molecule has 17 heavy (non-hydrogen) atoms. The van der Waals surface area contributed by atoms with E-state index in [-0.39, 0.29) is 30.1 Å². The van der Waals surface area contributed by atoms with Gasteiger partial charge in [0.1, 0.15) is 5.82 Å². The van der Waals surface area contributed by atoms with Crippen molar-refractivity contribution < 1.29 is 24.2 Å². The van der Waals surface area contributed by atoms with E-state index in [2.05, 4.69) is 0 Å². The van der Waals surface area contributed by atoms with Crippen LogP contribution in [0.4, 0.5) is 10.1 Å². The summed E-state index contributed by atoms with van der Waals surface area (Å²) in [6.45, 7) is 0.0569. The number of benzene rings is 1. The molecule has 1 aromatic rings. The third-order valence-electron chi connectivity index (χ3n) is 2.55. The number of carboxylic acid groups (broad SMARTS) is 1. The maximum atomic E-state index is 13.2. The number of rotatable bonds is 2. The number of hydrogen-bond donors (Lipinski definition) is 2. The predicted molar refractivity (Wildman–Crippen MR) is 56.3 cm³/mol. The summed E-state index contributed by atoms with van der Waals surface area (Å²) < 4.78 is 13.2. The molecule has 1 heterocycles. The third kappa shape index (κ3) is 2.26. The summed E-state index contributed by atoms with van der Waals surface area (Å²) in [7, 11) is 0. The molecular weight excluding hydrogens is 229 g/mol. The minimum absolute atomic E-state index is 0.0289. The Kier molecular flexibility index (Phi) is 2.81. The maximum absolute atomic E-state index is 13.2. The molecule has 1 aliphatic rings. The number of amides is 1. The van der Waals surface area contributed by atoms with Crippen molar-refractivity contribution in [3.63, 3.8) is 0 Å². The van der Waals surface area contributed by atoms with Crippen LogP contribution >= 0.6 is 0 Å². The van der Waals surface area contributed by atoms with Gasteiger partial charge in [-0.05, 0) is 18.2 Å². The molecule has 1 fully saturated rings. The number of β-amino-alcohol motifs (C(OH)–C–C–N with tert-alkyl or cyclic N) is 1. The first kappa shape index (κ1) is 11.5. The van der Waals surface area contributed by atoms with Crippen molar-refractivity contribution in [3.8, 4) is 0 Å². The molecule has 90 valence electrons. The van der Waals surface area contributed by atoms with Gasteiger partial charge in [-0.1, -0.05) is 0 Å². The normalized spacial score (nSPS) is 19.8. The van der Waals surface area contributed by atoms with Gasteiger partial charge in [0.15, 0.2) is 0 Å². The fourth-order valence-corrected chi connectivity index (χ4v) is 1.79. The topological polar surface area (TPSA) is 77.8 Å². The van der Waals surface area contributed by atoms with E-state index in [1.54, 1.807) is 0 Å². The highest BCUT2D eigenvalue weighted by Crippen LogP contribution is 2.24. The van der Waals surface area contributed by atoms with E-state index in [4.69, 9.17) is 5.11 Å². The summed E-state index contributed by atoms with van der Waals surface area (Å²) >= 11 is 0. The van der Waals surface area contributed by atoms with Crippen LogP contribution in [0.1, 0.15) is 16.8 Å². The van der Waals surface area contributed by atoms with E-state index in [9.17, 15) is 19.1 Å². The fourth-order valence-electron chi connectivity index (χ4n) is 1.79. The highest BCUT2D eigenvalue weighted by Gasteiger charge is 2.29. The largest absolute Gasteiger partial charge is 0.478 e. The molecule has 1 aliphatic heterocycles. The molecule has 6 heteroatoms. The summed E-state index contributed by atoms with van der Waals surface area (Å²) in [5.41, 5.74) is -0.0712. The van der Waals surface area contributed by atoms with Gasteiger partial charge in [0, 0.05) is 5.69 Å². The zero-order valence-electron chi connectivity index (χ0n) is 8.76. The summed E-state index contributed by atoms with van der Waals surface area (Å²) in [5, 5.41) is 18.1. The Morgan fingerprint density at radius 2 is 2.12 bits per heavy atom. The molecule has 1 aromatic carbocycles. The molecule has 1 atom stereocenters. The van der Waals surface area contributed by atoms with Gasteiger partial charge in [0.05, 0.1) is 24.6 Å². The molecule has 0 radical (unpaired) electrons. The Bertz CT molecular complexity index is 488. The summed E-state index contributed by atoms with van der Waals surface area (Å²) in [6, 6.07) is 3.16. The number of carbonyl (C=O) groups is 2. The van der Waals surface area contributed by atoms with Crippen molar-refractivity contribution in [2.24, 2.45) is 0 Å². The van der Waals surface area contributed by atoms with Crippen LogP contribution in [-0.4, -0.2) is 34.7 Å². The summed E-state index contributed by atoms with van der Waals surface area (Å²) in [6.07, 6.45) is -0.821. The molecule has 1 saturated heterocycles. The second-order valence-corrected chi connectivity index (χ2v) is 3.87. The zero-order valence-corrected chi connectivity index (χ0v) is 8.76. The van der Waals surface area contributed by atoms with E-state index in [1.807, 2.05) is 0 Å². The van der Waals surface area contributed by atoms with Gasteiger partial charge in [-0.15, -0.1) is 0 Å². The van der Waals surface area contributed by atoms with Crippen molar-refractivity contribution >= 4 is 17.6 Å². The molecule has 0 saturated carbocycles. The van der Waals surface area contributed by atoms with Crippen molar-refractivity contribution in [2.45, 2.75) is 12.5 Å². The number of hydrogen-bond acceptors (Lipinski definition) is 3. The minimum atomic E-state index is -1.27. The molecule has 1 unspecified atom stereocenters. The van der Waals surface area contributed by atoms with Gasteiger partial charge in [0.25, 0.3) is 0 Å². The van der Waals surface area contributed by atoms with Crippen molar-refractivity contribution in [3.05, 3.63) is 29.6 Å². The predicted octanol–water partition coefficient (Wildman–Crippen LogP) is 0.621. The SMILES string of the molecule is O=C(O)c1cc(F)cc(N2CC(O)CC2=O)c1. The Morgan fingerprint density at radius 3 is 2.65 bits per heavy atom. The van der Waals surface area contributed by atoms with Crippen molar-refractivity contribution in [1.82, 2.24) is 0 Å². The second kappa shape index (κ2) is 4.14. The number of nitrogens with zero attached hydrogens (tertiary/aromatic N) is 1. The number of carboxylic acids is 1. The number of halogens is 1. The number of anilines is 1. The number of carbonyl (C=O) groups excluding carboxylic acids is 1. The average molecular weight is 239 g/mol. The Hall–Kier alpha value is -1.95. The molecule has 0 aromatic heterocycles. The number of aromatic carboxylic acids is 1. The van der Waals surface area contributed by atoms with Crippen LogP contribution in [-0.2, 0) is 4.79 Å². The van der Waals surface area contributed by atoms with E-state index >= 15 is 0 Å². The van der Waals surface area contributed by atoms with Crippen LogP contribution < -0.4 is 4.90 Å². The average Bonchev–Trinajstić information content (AvgIpc) is 2.57. The lowest BCUT2D eigenvalue weighted by atomic mass is 10.2. The van der Waals surface area contributed by atoms with Crippen molar-refractivity contribution in [2.75, 3.05) is 11.4 Å². The van der Waals surface area contributed by atoms with Gasteiger partial charge in [-0.3, -0.25) is 4.79 Å². The van der Waals surface area contributed by atoms with Crippen LogP contribution in [0.5, 0.6) is 0 Å². The molecular formula is C11H10FNO4. The lowest BCUT2D eigenvalue weighted by Gasteiger charge is -2.16. The standard InChI is InChI=1S/C11H10FNO4/c12-7-1-6(11(16)17)2-8(3-7)13-5-9(14)4-10(13)15/h1-3,9,14H,4-5H2,(H,16,17). The van der Waals surface area contributed by atoms with Crippen LogP contribution in [0.15, 0.2) is 18.2 Å². The van der Waals surface area contributed by atoms with Crippen LogP contribution in [0.3, 0.4) is 0 Å². The van der Waals surface area contributed by atoms with Crippen LogP contribution in [0, 0.1) is 5.82 Å². The third-order valence-corrected chi connectivity index (χ3v) is 2.55. The Balaban J connectivity index is 2.39. The van der Waals surface area contributed by atoms with E-state index in [0.29, 0.717) is 0 Å². The molecule has 2 N–H and O–H groups in total. The van der Waals surface area contributed by atoms with Crippen molar-refractivity contribution in [1.29, 1.82) is 0 Å². The molecule has 5 nitrogen and oxygen atoms in total. The van der Waals surface area contributed by atoms with E-state index < -0.39 is 17.9 Å². The van der Waals surface area contributed by atoms with Crippen LogP contribution in [0.25, 0.3) is 0 Å². The number of aliphatic hydroxyl groups is 1. The lowest BCUT2D eigenvalue weighted by Crippen LogP contribution is -2.25. The highest BCUT2D eigenvalue weighted by atomic mass is 19.1. The Labute approximate surface area is 96.1 Å². The first-order valence-corrected chi connectivity index (χ1v) is 4.99. The fraction of sp³-hybridized carbons (Fsp3) is 0.273. The molecule has 1 amide bonds. The summed E-state index contributed by atoms with van der Waals surface area (Å²) in [5.74, 6) is -2.34. The second-order valence-electron chi connectivity index (χ2n) is 3.87. The van der Waals surface area contributed by atoms with Gasteiger partial charge >= 0.3 is 5.97 Å². The van der Waals surface area contributed by atoms with E-state index in [1.165, 1.54) is 11.0 Å². The van der Waals surface area contributed by atoms with Gasteiger partial charge in [-0.2, -0.15) is 0 Å². The molecule has 0 spiro atoms. The maximum Gasteiger partial charge on any atom is 0.335 e. The van der Waals surface area contributed by atoms with Gasteiger partial charge in [-0.25, -0.2) is 9.18 Å². The monoisotopic (exact) mass is 239 g/mol.